The number of nitriles is 1. The van der Waals surface area contributed by atoms with Crippen LogP contribution in [0.25, 0.3) is 0 Å². The van der Waals surface area contributed by atoms with Crippen LogP contribution in [0.3, 0.4) is 0 Å². The molecule has 5 heteroatoms. The Morgan fingerprint density at radius 2 is 1.92 bits per heavy atom. The number of aliphatic hydroxyl groups excluding tert-OH is 1. The van der Waals surface area contributed by atoms with Crippen molar-refractivity contribution in [2.45, 2.75) is 76.5 Å². The number of aliphatic imine (C=N–C) groups is 1. The van der Waals surface area contributed by atoms with Crippen LogP contribution in [0.1, 0.15) is 62.1 Å². The molecular weight excluding hydrogens is 342 g/mol. The second-order valence-electron chi connectivity index (χ2n) is 7.77. The first-order valence-corrected chi connectivity index (χ1v) is 10.9. The fraction of sp³-hybridized carbons (Fsp3) is 0.619. The third-order valence-electron chi connectivity index (χ3n) is 6.08. The molecule has 0 aromatic heterocycles. The minimum atomic E-state index is -0.342. The van der Waals surface area contributed by atoms with Crippen molar-refractivity contribution in [2.24, 2.45) is 4.99 Å². The number of rotatable bonds is 3. The van der Waals surface area contributed by atoms with Crippen molar-refractivity contribution in [3.8, 4) is 6.07 Å². The Bertz CT molecular complexity index is 746. The topological polar surface area (TPSA) is 59.6 Å². The van der Waals surface area contributed by atoms with Gasteiger partial charge in [0.2, 0.25) is 0 Å². The number of hydrogen-bond donors (Lipinski definition) is 1. The molecule has 4 rings (SSSR count). The molecule has 1 saturated heterocycles. The summed E-state index contributed by atoms with van der Waals surface area (Å²) in [7, 11) is 0. The van der Waals surface area contributed by atoms with Crippen molar-refractivity contribution in [2.75, 3.05) is 5.75 Å². The van der Waals surface area contributed by atoms with Crippen LogP contribution in [0.2, 0.25) is 0 Å². The molecule has 2 atom stereocenters. The van der Waals surface area contributed by atoms with Gasteiger partial charge in [0.15, 0.2) is 5.17 Å². The lowest BCUT2D eigenvalue weighted by Crippen LogP contribution is -2.46. The summed E-state index contributed by atoms with van der Waals surface area (Å²) in [5, 5.41) is 20.8. The normalized spacial score (nSPS) is 26.1. The monoisotopic (exact) mass is 369 g/mol. The van der Waals surface area contributed by atoms with Gasteiger partial charge in [0.25, 0.3) is 0 Å². The molecule has 0 radical (unpaired) electrons. The van der Waals surface area contributed by atoms with Crippen molar-refractivity contribution in [3.63, 3.8) is 0 Å². The SMILES string of the molecule is C[C@@H](O)[C@@H]1CSC(=Nc2ccc(C#N)c3c2CCCC3)N1C1CCCC1. The summed E-state index contributed by atoms with van der Waals surface area (Å²) in [6.07, 6.45) is 8.96. The number of amidine groups is 1. The fourth-order valence-electron chi connectivity index (χ4n) is 4.69. The maximum absolute atomic E-state index is 10.3. The molecule has 1 heterocycles. The molecule has 26 heavy (non-hydrogen) atoms. The molecule has 0 bridgehead atoms. The van der Waals surface area contributed by atoms with E-state index < -0.39 is 0 Å². The quantitative estimate of drug-likeness (QED) is 0.869. The zero-order valence-corrected chi connectivity index (χ0v) is 16.3. The van der Waals surface area contributed by atoms with Gasteiger partial charge in [-0.2, -0.15) is 5.26 Å². The maximum Gasteiger partial charge on any atom is 0.165 e. The Balaban J connectivity index is 1.72. The van der Waals surface area contributed by atoms with Crippen LogP contribution in [0, 0.1) is 11.3 Å². The lowest BCUT2D eigenvalue weighted by molar-refractivity contribution is 0.0976. The molecule has 138 valence electrons. The van der Waals surface area contributed by atoms with E-state index in [0.717, 1.165) is 41.4 Å². The van der Waals surface area contributed by atoms with E-state index >= 15 is 0 Å². The average Bonchev–Trinajstić information content (AvgIpc) is 3.31. The van der Waals surface area contributed by atoms with Gasteiger partial charge in [-0.15, -0.1) is 0 Å². The Kier molecular flexibility index (Phi) is 5.24. The van der Waals surface area contributed by atoms with Crippen LogP contribution in [0.15, 0.2) is 17.1 Å². The van der Waals surface area contributed by atoms with E-state index in [-0.39, 0.29) is 12.1 Å². The van der Waals surface area contributed by atoms with Gasteiger partial charge in [-0.05, 0) is 68.7 Å². The Hall–Kier alpha value is -1.51. The largest absolute Gasteiger partial charge is 0.391 e. The van der Waals surface area contributed by atoms with Crippen molar-refractivity contribution in [1.29, 1.82) is 5.26 Å². The third kappa shape index (κ3) is 3.25. The zero-order valence-electron chi connectivity index (χ0n) is 15.4. The van der Waals surface area contributed by atoms with Crippen LogP contribution < -0.4 is 0 Å². The number of hydrogen-bond acceptors (Lipinski definition) is 4. The summed E-state index contributed by atoms with van der Waals surface area (Å²) in [4.78, 5) is 7.50. The highest BCUT2D eigenvalue weighted by Crippen LogP contribution is 2.38. The minimum Gasteiger partial charge on any atom is -0.391 e. The van der Waals surface area contributed by atoms with E-state index in [0.29, 0.717) is 6.04 Å². The summed E-state index contributed by atoms with van der Waals surface area (Å²) >= 11 is 1.78. The molecular formula is C21H27N3OS. The highest BCUT2D eigenvalue weighted by molar-refractivity contribution is 8.14. The highest BCUT2D eigenvalue weighted by atomic mass is 32.2. The number of thioether (sulfide) groups is 1. The van der Waals surface area contributed by atoms with Crippen LogP contribution >= 0.6 is 11.8 Å². The van der Waals surface area contributed by atoms with Gasteiger partial charge in [0.1, 0.15) is 0 Å². The second-order valence-corrected chi connectivity index (χ2v) is 8.75. The second kappa shape index (κ2) is 7.62. The predicted octanol–water partition coefficient (Wildman–Crippen LogP) is 4.17. The summed E-state index contributed by atoms with van der Waals surface area (Å²) < 4.78 is 0. The van der Waals surface area contributed by atoms with Gasteiger partial charge in [-0.3, -0.25) is 0 Å². The van der Waals surface area contributed by atoms with Gasteiger partial charge >= 0.3 is 0 Å². The number of fused-ring (bicyclic) bond motifs is 1. The molecule has 0 spiro atoms. The summed E-state index contributed by atoms with van der Waals surface area (Å²) in [6, 6.07) is 7.00. The summed E-state index contributed by atoms with van der Waals surface area (Å²) in [5.74, 6) is 0.908. The molecule has 2 fully saturated rings. The minimum absolute atomic E-state index is 0.163. The predicted molar refractivity (Wildman–Crippen MR) is 107 cm³/mol. The lowest BCUT2D eigenvalue weighted by Gasteiger charge is -2.33. The van der Waals surface area contributed by atoms with E-state index in [1.807, 2.05) is 19.1 Å². The standard InChI is InChI=1S/C21H27N3OS/c1-14(25)20-13-26-21(24(20)16-6-2-3-7-16)23-19-11-10-15(12-22)17-8-4-5-9-18(17)19/h10-11,14,16,20,25H,2-9,13H2,1H3/t14-,20+/m1/s1. The van der Waals surface area contributed by atoms with Crippen molar-refractivity contribution >= 4 is 22.6 Å². The number of benzene rings is 1. The average molecular weight is 370 g/mol. The molecule has 1 aliphatic heterocycles. The first kappa shape index (κ1) is 17.9. The first-order valence-electron chi connectivity index (χ1n) is 9.92. The van der Waals surface area contributed by atoms with E-state index in [1.54, 1.807) is 11.8 Å². The van der Waals surface area contributed by atoms with Gasteiger partial charge in [-0.1, -0.05) is 24.6 Å². The van der Waals surface area contributed by atoms with Crippen molar-refractivity contribution < 1.29 is 5.11 Å². The molecule has 1 aromatic carbocycles. The molecule has 0 unspecified atom stereocenters. The fourth-order valence-corrected chi connectivity index (χ4v) is 6.04. The van der Waals surface area contributed by atoms with E-state index in [1.165, 1.54) is 43.2 Å². The van der Waals surface area contributed by atoms with Gasteiger partial charge in [0, 0.05) is 11.8 Å². The molecule has 3 aliphatic rings. The number of nitrogens with zero attached hydrogens (tertiary/aromatic N) is 3. The van der Waals surface area contributed by atoms with Gasteiger partial charge in [-0.25, -0.2) is 4.99 Å². The lowest BCUT2D eigenvalue weighted by atomic mass is 9.87. The molecule has 1 aromatic rings. The van der Waals surface area contributed by atoms with Crippen LogP contribution in [-0.4, -0.2) is 39.1 Å². The third-order valence-corrected chi connectivity index (χ3v) is 7.15. The van der Waals surface area contributed by atoms with E-state index in [9.17, 15) is 10.4 Å². The van der Waals surface area contributed by atoms with E-state index in [2.05, 4.69) is 11.0 Å². The zero-order chi connectivity index (χ0) is 18.1. The molecule has 4 nitrogen and oxygen atoms in total. The Morgan fingerprint density at radius 3 is 2.62 bits per heavy atom. The van der Waals surface area contributed by atoms with Crippen LogP contribution in [-0.2, 0) is 12.8 Å². The molecule has 2 aliphatic carbocycles. The van der Waals surface area contributed by atoms with Crippen molar-refractivity contribution in [1.82, 2.24) is 4.90 Å². The van der Waals surface area contributed by atoms with Crippen LogP contribution in [0.4, 0.5) is 5.69 Å². The van der Waals surface area contributed by atoms with E-state index in [4.69, 9.17) is 4.99 Å². The van der Waals surface area contributed by atoms with Crippen molar-refractivity contribution in [3.05, 3.63) is 28.8 Å². The first-order chi connectivity index (χ1) is 12.7. The maximum atomic E-state index is 10.3. The number of aliphatic hydroxyl groups is 1. The van der Waals surface area contributed by atoms with Gasteiger partial charge < -0.3 is 10.0 Å². The Morgan fingerprint density at radius 1 is 1.19 bits per heavy atom. The molecule has 1 saturated carbocycles. The smallest absolute Gasteiger partial charge is 0.165 e. The van der Waals surface area contributed by atoms with Crippen LogP contribution in [0.5, 0.6) is 0 Å². The molecule has 0 amide bonds. The van der Waals surface area contributed by atoms with Gasteiger partial charge in [0.05, 0.1) is 29.5 Å². The summed E-state index contributed by atoms with van der Waals surface area (Å²) in [5.41, 5.74) is 4.34. The molecule has 1 N–H and O–H groups in total. The summed E-state index contributed by atoms with van der Waals surface area (Å²) in [6.45, 7) is 1.90. The Labute approximate surface area is 160 Å². The highest BCUT2D eigenvalue weighted by Gasteiger charge is 2.39.